The van der Waals surface area contributed by atoms with Gasteiger partial charge in [0.1, 0.15) is 4.88 Å². The first kappa shape index (κ1) is 11.1. The van der Waals surface area contributed by atoms with Crippen molar-refractivity contribution in [2.24, 2.45) is 5.92 Å². The van der Waals surface area contributed by atoms with Gasteiger partial charge in [0.05, 0.1) is 0 Å². The van der Waals surface area contributed by atoms with E-state index in [2.05, 4.69) is 26.6 Å². The molecule has 0 radical (unpaired) electrons. The van der Waals surface area contributed by atoms with Crippen LogP contribution in [0.4, 0.5) is 0 Å². The summed E-state index contributed by atoms with van der Waals surface area (Å²) in [7, 11) is 0. The molecule has 0 saturated carbocycles. The number of carbonyl (C=O) groups excluding carboxylic acids is 1. The number of hydrogen-bond donors (Lipinski definition) is 2. The second kappa shape index (κ2) is 5.09. The van der Waals surface area contributed by atoms with Gasteiger partial charge < -0.3 is 10.6 Å². The van der Waals surface area contributed by atoms with Crippen LogP contribution in [0.15, 0.2) is 15.9 Å². The lowest BCUT2D eigenvalue weighted by atomic mass is 10.1. The number of carbonyl (C=O) groups is 1. The molecule has 2 rings (SSSR count). The van der Waals surface area contributed by atoms with E-state index >= 15 is 0 Å². The molecule has 1 aliphatic heterocycles. The highest BCUT2D eigenvalue weighted by molar-refractivity contribution is 9.10. The van der Waals surface area contributed by atoms with Crippen LogP contribution >= 0.6 is 27.3 Å². The molecule has 82 valence electrons. The summed E-state index contributed by atoms with van der Waals surface area (Å²) in [6, 6.07) is 1.90. The first-order chi connectivity index (χ1) is 7.27. The topological polar surface area (TPSA) is 41.1 Å². The Hall–Kier alpha value is -0.390. The SMILES string of the molecule is O=C(NC[C@H]1CCNC1)c1sccc1Br. The van der Waals surface area contributed by atoms with Crippen LogP contribution in [-0.4, -0.2) is 25.5 Å². The third-order valence-corrected chi connectivity index (χ3v) is 4.37. The minimum Gasteiger partial charge on any atom is -0.351 e. The summed E-state index contributed by atoms with van der Waals surface area (Å²) in [6.45, 7) is 2.87. The van der Waals surface area contributed by atoms with Gasteiger partial charge in [0.25, 0.3) is 5.91 Å². The molecule has 1 aromatic heterocycles. The zero-order chi connectivity index (χ0) is 10.7. The average Bonchev–Trinajstić information content (AvgIpc) is 2.84. The molecule has 0 aromatic carbocycles. The molecule has 1 amide bonds. The molecule has 1 saturated heterocycles. The van der Waals surface area contributed by atoms with Crippen LogP contribution in [0.5, 0.6) is 0 Å². The number of halogens is 1. The van der Waals surface area contributed by atoms with Crippen LogP contribution in [0.2, 0.25) is 0 Å². The molecule has 1 atom stereocenters. The first-order valence-electron chi connectivity index (χ1n) is 4.99. The van der Waals surface area contributed by atoms with Crippen molar-refractivity contribution < 1.29 is 4.79 Å². The Labute approximate surface area is 101 Å². The van der Waals surface area contributed by atoms with Gasteiger partial charge in [-0.3, -0.25) is 4.79 Å². The van der Waals surface area contributed by atoms with Crippen molar-refractivity contribution in [2.75, 3.05) is 19.6 Å². The fourth-order valence-electron chi connectivity index (χ4n) is 1.66. The summed E-state index contributed by atoms with van der Waals surface area (Å²) >= 11 is 4.82. The van der Waals surface area contributed by atoms with Crippen LogP contribution in [0, 0.1) is 5.92 Å². The zero-order valence-electron chi connectivity index (χ0n) is 8.25. The number of amides is 1. The van der Waals surface area contributed by atoms with E-state index in [4.69, 9.17) is 0 Å². The van der Waals surface area contributed by atoms with E-state index in [-0.39, 0.29) is 5.91 Å². The molecule has 2 N–H and O–H groups in total. The molecule has 5 heteroatoms. The molecule has 1 aliphatic rings. The van der Waals surface area contributed by atoms with Crippen molar-refractivity contribution in [2.45, 2.75) is 6.42 Å². The zero-order valence-corrected chi connectivity index (χ0v) is 10.7. The Bertz CT molecular complexity index is 347. The van der Waals surface area contributed by atoms with Gasteiger partial charge in [0, 0.05) is 11.0 Å². The fourth-order valence-corrected chi connectivity index (χ4v) is 3.13. The third kappa shape index (κ3) is 2.80. The highest BCUT2D eigenvalue weighted by Gasteiger charge is 2.17. The number of thiophene rings is 1. The van der Waals surface area contributed by atoms with Crippen molar-refractivity contribution in [3.63, 3.8) is 0 Å². The molecular formula is C10H13BrN2OS. The van der Waals surface area contributed by atoms with E-state index < -0.39 is 0 Å². The van der Waals surface area contributed by atoms with Crippen LogP contribution in [0.25, 0.3) is 0 Å². The highest BCUT2D eigenvalue weighted by atomic mass is 79.9. The van der Waals surface area contributed by atoms with E-state index in [9.17, 15) is 4.79 Å². The summed E-state index contributed by atoms with van der Waals surface area (Å²) in [6.07, 6.45) is 1.16. The average molecular weight is 289 g/mol. The van der Waals surface area contributed by atoms with Gasteiger partial charge in [-0.25, -0.2) is 0 Å². The molecule has 1 fully saturated rings. The Balaban J connectivity index is 1.84. The maximum Gasteiger partial charge on any atom is 0.262 e. The predicted molar refractivity (Wildman–Crippen MR) is 65.3 cm³/mol. The molecule has 3 nitrogen and oxygen atoms in total. The normalized spacial score (nSPS) is 20.5. The van der Waals surface area contributed by atoms with Crippen molar-refractivity contribution in [1.82, 2.24) is 10.6 Å². The van der Waals surface area contributed by atoms with Crippen LogP contribution < -0.4 is 10.6 Å². The second-order valence-electron chi connectivity index (χ2n) is 3.67. The quantitative estimate of drug-likeness (QED) is 0.891. The van der Waals surface area contributed by atoms with Gasteiger partial charge in [0.15, 0.2) is 0 Å². The lowest BCUT2D eigenvalue weighted by Crippen LogP contribution is -2.29. The van der Waals surface area contributed by atoms with Gasteiger partial charge >= 0.3 is 0 Å². The molecular weight excluding hydrogens is 276 g/mol. The molecule has 0 spiro atoms. The molecule has 1 aromatic rings. The number of rotatable bonds is 3. The molecule has 0 bridgehead atoms. The Morgan fingerprint density at radius 2 is 2.60 bits per heavy atom. The van der Waals surface area contributed by atoms with E-state index in [0.717, 1.165) is 35.4 Å². The van der Waals surface area contributed by atoms with Crippen LogP contribution in [-0.2, 0) is 0 Å². The second-order valence-corrected chi connectivity index (χ2v) is 5.44. The van der Waals surface area contributed by atoms with Gasteiger partial charge in [-0.15, -0.1) is 11.3 Å². The van der Waals surface area contributed by atoms with Crippen molar-refractivity contribution >= 4 is 33.2 Å². The minimum absolute atomic E-state index is 0.0313. The van der Waals surface area contributed by atoms with Crippen molar-refractivity contribution in [3.05, 3.63) is 20.8 Å². The number of hydrogen-bond acceptors (Lipinski definition) is 3. The first-order valence-corrected chi connectivity index (χ1v) is 6.66. The maximum absolute atomic E-state index is 11.7. The van der Waals surface area contributed by atoms with Crippen molar-refractivity contribution in [3.8, 4) is 0 Å². The maximum atomic E-state index is 11.7. The fraction of sp³-hybridized carbons (Fsp3) is 0.500. The van der Waals surface area contributed by atoms with Gasteiger partial charge in [-0.05, 0) is 52.8 Å². The van der Waals surface area contributed by atoms with Crippen molar-refractivity contribution in [1.29, 1.82) is 0 Å². The van der Waals surface area contributed by atoms with E-state index in [1.54, 1.807) is 0 Å². The smallest absolute Gasteiger partial charge is 0.262 e. The van der Waals surface area contributed by atoms with Crippen LogP contribution in [0.3, 0.4) is 0 Å². The lowest BCUT2D eigenvalue weighted by molar-refractivity contribution is 0.0951. The Morgan fingerprint density at radius 1 is 1.73 bits per heavy atom. The van der Waals surface area contributed by atoms with E-state index in [1.807, 2.05) is 11.4 Å². The van der Waals surface area contributed by atoms with Gasteiger partial charge in [-0.2, -0.15) is 0 Å². The van der Waals surface area contributed by atoms with E-state index in [0.29, 0.717) is 5.92 Å². The molecule has 15 heavy (non-hydrogen) atoms. The Morgan fingerprint density at radius 3 is 3.20 bits per heavy atom. The predicted octanol–water partition coefficient (Wildman–Crippen LogP) is 1.85. The van der Waals surface area contributed by atoms with Crippen LogP contribution in [0.1, 0.15) is 16.1 Å². The monoisotopic (exact) mass is 288 g/mol. The molecule has 0 unspecified atom stereocenters. The number of nitrogens with one attached hydrogen (secondary N) is 2. The lowest BCUT2D eigenvalue weighted by Gasteiger charge is -2.09. The summed E-state index contributed by atoms with van der Waals surface area (Å²) < 4.78 is 0.884. The summed E-state index contributed by atoms with van der Waals surface area (Å²) in [5, 5.41) is 8.17. The third-order valence-electron chi connectivity index (χ3n) is 2.54. The highest BCUT2D eigenvalue weighted by Crippen LogP contribution is 2.22. The summed E-state index contributed by atoms with van der Waals surface area (Å²) in [5.74, 6) is 0.622. The molecule has 2 heterocycles. The van der Waals surface area contributed by atoms with Gasteiger partial charge in [-0.1, -0.05) is 0 Å². The molecule has 0 aliphatic carbocycles. The summed E-state index contributed by atoms with van der Waals surface area (Å²) in [5.41, 5.74) is 0. The van der Waals surface area contributed by atoms with Gasteiger partial charge in [0.2, 0.25) is 0 Å². The minimum atomic E-state index is 0.0313. The Kier molecular flexibility index (Phi) is 3.77. The largest absolute Gasteiger partial charge is 0.351 e. The van der Waals surface area contributed by atoms with E-state index in [1.165, 1.54) is 11.3 Å². The summed E-state index contributed by atoms with van der Waals surface area (Å²) in [4.78, 5) is 12.5. The standard InChI is InChI=1S/C10H13BrN2OS/c11-8-2-4-15-9(8)10(14)13-6-7-1-3-12-5-7/h2,4,7,12H,1,3,5-6H2,(H,13,14)/t7-/m0/s1.